The molecule has 4 aliphatic rings. The number of nitriles is 1. The lowest BCUT2D eigenvalue weighted by Gasteiger charge is -2.59. The Morgan fingerprint density at radius 3 is 2.28 bits per heavy atom. The predicted molar refractivity (Wildman–Crippen MR) is 91.9 cm³/mol. The number of carbonyl (C=O) groups is 1. The summed E-state index contributed by atoms with van der Waals surface area (Å²) >= 11 is 0. The van der Waals surface area contributed by atoms with E-state index >= 15 is 0 Å². The minimum Gasteiger partial charge on any atom is -0.300 e. The largest absolute Gasteiger partial charge is 0.300 e. The zero-order chi connectivity index (χ0) is 17.8. The third-order valence-corrected chi connectivity index (χ3v) is 7.98. The number of hydrogen-bond acceptors (Lipinski definition) is 4. The van der Waals surface area contributed by atoms with Gasteiger partial charge in [-0.25, -0.2) is 13.1 Å². The van der Waals surface area contributed by atoms with Gasteiger partial charge in [-0.15, -0.1) is 0 Å². The molecule has 0 aromatic heterocycles. The first-order chi connectivity index (χ1) is 11.8. The van der Waals surface area contributed by atoms with Crippen LogP contribution in [0.5, 0.6) is 0 Å². The molecule has 2 unspecified atom stereocenters. The number of benzene rings is 1. The van der Waals surface area contributed by atoms with E-state index in [1.165, 1.54) is 24.3 Å². The van der Waals surface area contributed by atoms with Crippen molar-refractivity contribution in [2.24, 2.45) is 23.7 Å². The monoisotopic (exact) mass is 358 g/mol. The second kappa shape index (κ2) is 5.65. The Kier molecular flexibility index (Phi) is 3.78. The maximum atomic E-state index is 12.9. The Bertz CT molecular complexity index is 838. The highest BCUT2D eigenvalue weighted by Crippen LogP contribution is 2.58. The lowest BCUT2D eigenvalue weighted by Crippen LogP contribution is -2.63. The van der Waals surface area contributed by atoms with Crippen molar-refractivity contribution < 1.29 is 13.2 Å². The summed E-state index contributed by atoms with van der Waals surface area (Å²) in [6.07, 6.45) is 4.52. The normalized spacial score (nSPS) is 36.2. The van der Waals surface area contributed by atoms with Crippen LogP contribution in [-0.2, 0) is 14.8 Å². The average molecular weight is 358 g/mol. The van der Waals surface area contributed by atoms with Gasteiger partial charge in [-0.2, -0.15) is 5.26 Å². The van der Waals surface area contributed by atoms with Crippen LogP contribution in [0.15, 0.2) is 29.2 Å². The van der Waals surface area contributed by atoms with E-state index < -0.39 is 15.6 Å². The summed E-state index contributed by atoms with van der Waals surface area (Å²) in [7, 11) is -3.63. The highest BCUT2D eigenvalue weighted by atomic mass is 32.2. The fourth-order valence-electron chi connectivity index (χ4n) is 5.87. The van der Waals surface area contributed by atoms with Crippen LogP contribution >= 0.6 is 0 Å². The third-order valence-electron chi connectivity index (χ3n) is 6.39. The van der Waals surface area contributed by atoms with Gasteiger partial charge in [-0.3, -0.25) is 4.79 Å². The number of Topliss-reactive ketones (excluding diaryl/α,β-unsaturated/α-hetero) is 1. The van der Waals surface area contributed by atoms with E-state index in [1.807, 2.05) is 6.07 Å². The van der Waals surface area contributed by atoms with Gasteiger partial charge >= 0.3 is 0 Å². The van der Waals surface area contributed by atoms with Crippen molar-refractivity contribution in [3.05, 3.63) is 29.8 Å². The van der Waals surface area contributed by atoms with E-state index in [0.29, 0.717) is 23.3 Å². The van der Waals surface area contributed by atoms with Crippen LogP contribution in [0.3, 0.4) is 0 Å². The molecule has 0 saturated heterocycles. The van der Waals surface area contributed by atoms with Gasteiger partial charge in [-0.1, -0.05) is 0 Å². The Morgan fingerprint density at radius 2 is 1.76 bits per heavy atom. The van der Waals surface area contributed by atoms with Gasteiger partial charge in [0.2, 0.25) is 10.0 Å². The number of rotatable bonds is 4. The average Bonchev–Trinajstić information content (AvgIpc) is 2.52. The van der Waals surface area contributed by atoms with Gasteiger partial charge in [0.05, 0.1) is 16.5 Å². The van der Waals surface area contributed by atoms with Gasteiger partial charge in [0.15, 0.2) is 0 Å². The predicted octanol–water partition coefficient (Wildman–Crippen LogP) is 2.62. The molecule has 4 saturated carbocycles. The molecule has 0 heterocycles. The highest BCUT2D eigenvalue weighted by Gasteiger charge is 2.57. The Morgan fingerprint density at radius 1 is 1.16 bits per heavy atom. The molecule has 1 aromatic carbocycles. The van der Waals surface area contributed by atoms with Crippen molar-refractivity contribution >= 4 is 15.8 Å². The Balaban J connectivity index is 1.60. The minimum absolute atomic E-state index is 0.115. The van der Waals surface area contributed by atoms with Crippen LogP contribution in [0.2, 0.25) is 0 Å². The number of carbonyl (C=O) groups excluding carboxylic acids is 1. The second-order valence-electron chi connectivity index (χ2n) is 8.13. The fraction of sp³-hybridized carbons (Fsp3) is 0.579. The molecule has 25 heavy (non-hydrogen) atoms. The van der Waals surface area contributed by atoms with Gasteiger partial charge in [0.25, 0.3) is 0 Å². The summed E-state index contributed by atoms with van der Waals surface area (Å²) in [4.78, 5) is 12.2. The van der Waals surface area contributed by atoms with Crippen molar-refractivity contribution in [3.8, 4) is 6.07 Å². The van der Waals surface area contributed by atoms with Crippen LogP contribution in [0.4, 0.5) is 0 Å². The fourth-order valence-corrected chi connectivity index (χ4v) is 7.30. The molecule has 0 spiro atoms. The zero-order valence-electron chi connectivity index (χ0n) is 14.2. The van der Waals surface area contributed by atoms with Gasteiger partial charge in [0.1, 0.15) is 5.78 Å². The molecule has 5 nitrogen and oxygen atoms in total. The molecule has 6 heteroatoms. The first-order valence-electron chi connectivity index (χ1n) is 8.86. The van der Waals surface area contributed by atoms with Crippen molar-refractivity contribution in [1.29, 1.82) is 5.26 Å². The SMILES string of the molecule is CC(=O)C1C2CC3CC1CC(NS(=O)(=O)c1ccc(C#N)cc1)(C3)C2. The summed E-state index contributed by atoms with van der Waals surface area (Å²) in [5, 5.41) is 8.87. The molecule has 1 N–H and O–H groups in total. The van der Waals surface area contributed by atoms with Gasteiger partial charge < -0.3 is 0 Å². The molecule has 2 atom stereocenters. The second-order valence-corrected chi connectivity index (χ2v) is 9.81. The van der Waals surface area contributed by atoms with E-state index in [4.69, 9.17) is 5.26 Å². The molecule has 132 valence electrons. The van der Waals surface area contributed by atoms with Crippen LogP contribution in [0.1, 0.15) is 44.6 Å². The van der Waals surface area contributed by atoms with Crippen molar-refractivity contribution in [1.82, 2.24) is 4.72 Å². The van der Waals surface area contributed by atoms with E-state index in [0.717, 1.165) is 32.1 Å². The van der Waals surface area contributed by atoms with Crippen molar-refractivity contribution in [2.45, 2.75) is 49.5 Å². The third kappa shape index (κ3) is 2.80. The van der Waals surface area contributed by atoms with Crippen LogP contribution in [-0.4, -0.2) is 19.7 Å². The number of nitrogens with zero attached hydrogens (tertiary/aromatic N) is 1. The molecular weight excluding hydrogens is 336 g/mol. The van der Waals surface area contributed by atoms with Crippen LogP contribution in [0, 0.1) is 35.0 Å². The topological polar surface area (TPSA) is 87.0 Å². The standard InChI is InChI=1S/C19H22N2O3S/c1-12(22)18-15-6-14-7-16(18)10-19(8-14,9-15)21-25(23,24)17-4-2-13(11-20)3-5-17/h2-5,14-16,18,21H,6-10H2,1H3. The van der Waals surface area contributed by atoms with E-state index in [9.17, 15) is 13.2 Å². The molecule has 4 fully saturated rings. The summed E-state index contributed by atoms with van der Waals surface area (Å²) in [5.74, 6) is 1.53. The number of sulfonamides is 1. The highest BCUT2D eigenvalue weighted by molar-refractivity contribution is 7.89. The smallest absolute Gasteiger partial charge is 0.241 e. The first kappa shape index (κ1) is 16.7. The van der Waals surface area contributed by atoms with Crippen molar-refractivity contribution in [2.75, 3.05) is 0 Å². The van der Waals surface area contributed by atoms with E-state index in [1.54, 1.807) is 6.92 Å². The summed E-state index contributed by atoms with van der Waals surface area (Å²) in [6.45, 7) is 1.68. The molecule has 0 aliphatic heterocycles. The first-order valence-corrected chi connectivity index (χ1v) is 10.3. The molecule has 4 bridgehead atoms. The number of nitrogens with one attached hydrogen (secondary N) is 1. The Labute approximate surface area is 148 Å². The van der Waals surface area contributed by atoms with E-state index in [2.05, 4.69) is 4.72 Å². The maximum absolute atomic E-state index is 12.9. The van der Waals surface area contributed by atoms with Gasteiger partial charge in [0, 0.05) is 11.5 Å². The van der Waals surface area contributed by atoms with E-state index in [-0.39, 0.29) is 16.6 Å². The lowest BCUT2D eigenvalue weighted by atomic mass is 9.48. The Hall–Kier alpha value is -1.71. The zero-order valence-corrected chi connectivity index (χ0v) is 15.1. The summed E-state index contributed by atoms with van der Waals surface area (Å²) in [6, 6.07) is 8.03. The molecule has 5 rings (SSSR count). The quantitative estimate of drug-likeness (QED) is 0.896. The molecule has 4 aliphatic carbocycles. The molecule has 0 radical (unpaired) electrons. The summed E-state index contributed by atoms with van der Waals surface area (Å²) in [5.41, 5.74) is 0.0351. The number of ketones is 1. The van der Waals surface area contributed by atoms with Crippen LogP contribution in [0.25, 0.3) is 0 Å². The summed E-state index contributed by atoms with van der Waals surface area (Å²) < 4.78 is 28.7. The molecular formula is C19H22N2O3S. The van der Waals surface area contributed by atoms with Gasteiger partial charge in [-0.05, 0) is 81.0 Å². The molecule has 1 aromatic rings. The van der Waals surface area contributed by atoms with Crippen LogP contribution < -0.4 is 4.72 Å². The minimum atomic E-state index is -3.63. The van der Waals surface area contributed by atoms with Crippen molar-refractivity contribution in [3.63, 3.8) is 0 Å². The maximum Gasteiger partial charge on any atom is 0.241 e. The molecule has 0 amide bonds. The lowest BCUT2D eigenvalue weighted by molar-refractivity contribution is -0.135. The number of hydrogen-bond donors (Lipinski definition) is 1.